The summed E-state index contributed by atoms with van der Waals surface area (Å²) in [7, 11) is 0. The quantitative estimate of drug-likeness (QED) is 0.475. The molecule has 2 aromatic rings. The first-order valence-corrected chi connectivity index (χ1v) is 15.4. The normalized spacial score (nSPS) is 23.0. The zero-order valence-electron chi connectivity index (χ0n) is 26.7. The number of hydrogen-bond donors (Lipinski definition) is 0. The molecule has 0 aliphatic carbocycles. The molecule has 240 valence electrons. The van der Waals surface area contributed by atoms with Crippen LogP contribution in [0.15, 0.2) is 42.6 Å². The van der Waals surface area contributed by atoms with E-state index in [9.17, 15) is 9.59 Å². The Hall–Kier alpha value is -3.15. The van der Waals surface area contributed by atoms with Gasteiger partial charge in [-0.05, 0) is 33.8 Å². The molecule has 0 bridgehead atoms. The average molecular weight is 614 g/mol. The van der Waals surface area contributed by atoms with Crippen molar-refractivity contribution in [3.63, 3.8) is 0 Å². The zero-order valence-corrected chi connectivity index (χ0v) is 26.7. The number of carbonyl (C=O) groups excluding carboxylic acids is 2. The average Bonchev–Trinajstić information content (AvgIpc) is 3.24. The summed E-state index contributed by atoms with van der Waals surface area (Å²) in [5.41, 5.74) is -0.357. The van der Waals surface area contributed by atoms with Crippen molar-refractivity contribution in [3.05, 3.63) is 59.4 Å². The maximum Gasteiger partial charge on any atom is 0.410 e. The second-order valence-corrected chi connectivity index (χ2v) is 13.9. The van der Waals surface area contributed by atoms with Crippen LogP contribution < -0.4 is 4.90 Å². The molecule has 2 saturated heterocycles. The third-order valence-corrected chi connectivity index (χ3v) is 8.71. The summed E-state index contributed by atoms with van der Waals surface area (Å²) < 4.78 is 42.3. The van der Waals surface area contributed by atoms with Gasteiger partial charge in [-0.3, -0.25) is 19.6 Å². The molecule has 1 aromatic carbocycles. The Bertz CT molecular complexity index is 1340. The fourth-order valence-corrected chi connectivity index (χ4v) is 6.34. The Balaban J connectivity index is 1.39. The van der Waals surface area contributed by atoms with Gasteiger partial charge in [-0.25, -0.2) is 4.79 Å². The van der Waals surface area contributed by atoms with Gasteiger partial charge in [0.1, 0.15) is 11.3 Å². The first kappa shape index (κ1) is 32.2. The molecule has 3 aliphatic heterocycles. The van der Waals surface area contributed by atoms with Gasteiger partial charge in [0.05, 0.1) is 25.4 Å². The third kappa shape index (κ3) is 6.89. The molecule has 0 radical (unpaired) electrons. The van der Waals surface area contributed by atoms with Crippen molar-refractivity contribution in [1.29, 1.82) is 0 Å². The number of ether oxygens (including phenoxy) is 2. The van der Waals surface area contributed by atoms with E-state index in [0.29, 0.717) is 45.1 Å². The molecular formula is C33H45F2N5O4. The highest BCUT2D eigenvalue weighted by Gasteiger charge is 2.44. The third-order valence-electron chi connectivity index (χ3n) is 8.71. The van der Waals surface area contributed by atoms with Crippen LogP contribution in [0.1, 0.15) is 58.4 Å². The van der Waals surface area contributed by atoms with E-state index in [2.05, 4.69) is 14.8 Å². The molecule has 9 nitrogen and oxygen atoms in total. The van der Waals surface area contributed by atoms with Gasteiger partial charge in [0.25, 0.3) is 0 Å². The van der Waals surface area contributed by atoms with Gasteiger partial charge >= 0.3 is 12.0 Å². The van der Waals surface area contributed by atoms with Gasteiger partial charge in [-0.1, -0.05) is 44.2 Å². The molecule has 3 aliphatic rings. The van der Waals surface area contributed by atoms with E-state index in [1.165, 1.54) is 24.4 Å². The molecular weight excluding hydrogens is 568 g/mol. The number of halogens is 2. The van der Waals surface area contributed by atoms with Crippen molar-refractivity contribution in [1.82, 2.24) is 19.7 Å². The fraction of sp³-hybridized carbons (Fsp3) is 0.606. The van der Waals surface area contributed by atoms with Crippen molar-refractivity contribution >= 4 is 17.7 Å². The molecule has 4 heterocycles. The lowest BCUT2D eigenvalue weighted by atomic mass is 9.88. The van der Waals surface area contributed by atoms with Gasteiger partial charge in [0, 0.05) is 74.1 Å². The summed E-state index contributed by atoms with van der Waals surface area (Å²) in [4.78, 5) is 39.2. The Kier molecular flexibility index (Phi) is 9.04. The minimum atomic E-state index is -3.31. The molecule has 11 heteroatoms. The van der Waals surface area contributed by atoms with Crippen LogP contribution in [-0.2, 0) is 25.6 Å². The smallest absolute Gasteiger partial charge is 0.410 e. The van der Waals surface area contributed by atoms with E-state index in [1.807, 2.05) is 41.5 Å². The van der Waals surface area contributed by atoms with Gasteiger partial charge in [0.15, 0.2) is 0 Å². The number of anilines is 1. The van der Waals surface area contributed by atoms with Crippen LogP contribution in [0.2, 0.25) is 0 Å². The predicted octanol–water partition coefficient (Wildman–Crippen LogP) is 4.49. The minimum Gasteiger partial charge on any atom is -0.444 e. The highest BCUT2D eigenvalue weighted by atomic mass is 19.3. The number of benzene rings is 1. The molecule has 0 N–H and O–H groups in total. The molecule has 1 aromatic heterocycles. The number of aromatic nitrogens is 1. The van der Waals surface area contributed by atoms with Crippen LogP contribution in [0.25, 0.3) is 0 Å². The number of amides is 2. The summed E-state index contributed by atoms with van der Waals surface area (Å²) in [6.07, 6.45) is 1.13. The molecule has 0 spiro atoms. The number of piperazine rings is 1. The predicted molar refractivity (Wildman–Crippen MR) is 164 cm³/mol. The fourth-order valence-electron chi connectivity index (χ4n) is 6.34. The standard InChI is InChI=1S/C33H45F2N5O4/c1-23-18-38(25(19-37-12-14-43-15-13-37)20-39(23)30(42)44-31(2,3)4)21-29(41)40-22-32(5,6)26-17-36-28(16-27(26)40)33(34,35)24-10-8-7-9-11-24/h7-11,16-17,23,25H,12-15,18-22H2,1-6H3/t23-,25+/m1/s1. The second-order valence-electron chi connectivity index (χ2n) is 13.9. The Morgan fingerprint density at radius 3 is 2.43 bits per heavy atom. The molecule has 5 rings (SSSR count). The Morgan fingerprint density at radius 1 is 1.09 bits per heavy atom. The zero-order chi connectivity index (χ0) is 31.9. The summed E-state index contributed by atoms with van der Waals surface area (Å²) in [6.45, 7) is 16.4. The van der Waals surface area contributed by atoms with E-state index < -0.39 is 16.9 Å². The first-order valence-electron chi connectivity index (χ1n) is 15.4. The number of rotatable bonds is 6. The number of pyridine rings is 1. The molecule has 0 saturated carbocycles. The summed E-state index contributed by atoms with van der Waals surface area (Å²) >= 11 is 0. The molecule has 44 heavy (non-hydrogen) atoms. The number of fused-ring (bicyclic) bond motifs is 1. The van der Waals surface area contributed by atoms with Crippen molar-refractivity contribution in [2.24, 2.45) is 0 Å². The van der Waals surface area contributed by atoms with E-state index >= 15 is 8.78 Å². The molecule has 0 unspecified atom stereocenters. The van der Waals surface area contributed by atoms with Crippen LogP contribution in [0.5, 0.6) is 0 Å². The number of alkyl halides is 2. The van der Waals surface area contributed by atoms with Crippen LogP contribution in [0, 0.1) is 0 Å². The maximum atomic E-state index is 15.5. The van der Waals surface area contributed by atoms with Crippen LogP contribution in [0.3, 0.4) is 0 Å². The van der Waals surface area contributed by atoms with Crippen LogP contribution >= 0.6 is 0 Å². The molecule has 2 atom stereocenters. The lowest BCUT2D eigenvalue weighted by Crippen LogP contribution is -2.63. The van der Waals surface area contributed by atoms with Crippen molar-refractivity contribution in [3.8, 4) is 0 Å². The molecule has 2 fully saturated rings. The Labute approximate surface area is 259 Å². The van der Waals surface area contributed by atoms with Crippen LogP contribution in [0.4, 0.5) is 19.3 Å². The molecule has 2 amide bonds. The highest BCUT2D eigenvalue weighted by molar-refractivity contribution is 5.97. The SMILES string of the molecule is C[C@@H]1CN(CC(=O)N2CC(C)(C)c3cnc(C(F)(F)c4ccccc4)cc32)[C@@H](CN2CCOCC2)CN1C(=O)OC(C)(C)C. The Morgan fingerprint density at radius 2 is 1.77 bits per heavy atom. The van der Waals surface area contributed by atoms with Gasteiger partial charge in [-0.2, -0.15) is 8.78 Å². The van der Waals surface area contributed by atoms with E-state index in [0.717, 1.165) is 18.7 Å². The van der Waals surface area contributed by atoms with Gasteiger partial charge < -0.3 is 19.3 Å². The number of hydrogen-bond acceptors (Lipinski definition) is 7. The second kappa shape index (κ2) is 12.3. The largest absolute Gasteiger partial charge is 0.444 e. The number of morpholine rings is 1. The van der Waals surface area contributed by atoms with Crippen molar-refractivity contribution < 1.29 is 27.8 Å². The van der Waals surface area contributed by atoms with Crippen molar-refractivity contribution in [2.45, 2.75) is 70.6 Å². The van der Waals surface area contributed by atoms with E-state index in [-0.39, 0.29) is 41.9 Å². The van der Waals surface area contributed by atoms with Gasteiger partial charge in [-0.15, -0.1) is 0 Å². The van der Waals surface area contributed by atoms with Crippen molar-refractivity contribution in [2.75, 3.05) is 63.9 Å². The van der Waals surface area contributed by atoms with Gasteiger partial charge in [0.2, 0.25) is 5.91 Å². The lowest BCUT2D eigenvalue weighted by molar-refractivity contribution is -0.121. The summed E-state index contributed by atoms with van der Waals surface area (Å²) in [5.74, 6) is -3.48. The topological polar surface area (TPSA) is 78.5 Å². The minimum absolute atomic E-state index is 0.101. The monoisotopic (exact) mass is 613 g/mol. The van der Waals surface area contributed by atoms with E-state index in [1.54, 1.807) is 28.0 Å². The first-order chi connectivity index (χ1) is 20.7. The number of nitrogens with zero attached hydrogens (tertiary/aromatic N) is 5. The lowest BCUT2D eigenvalue weighted by Gasteiger charge is -2.47. The number of carbonyl (C=O) groups is 2. The van der Waals surface area contributed by atoms with E-state index in [4.69, 9.17) is 9.47 Å². The summed E-state index contributed by atoms with van der Waals surface area (Å²) in [5, 5.41) is 0. The van der Waals surface area contributed by atoms with Crippen LogP contribution in [-0.4, -0.2) is 108 Å². The highest BCUT2D eigenvalue weighted by Crippen LogP contribution is 2.44. The summed E-state index contributed by atoms with van der Waals surface area (Å²) in [6, 6.07) is 8.69. The maximum absolute atomic E-state index is 15.5.